The number of para-hydroxylation sites is 1. The summed E-state index contributed by atoms with van der Waals surface area (Å²) in [5, 5.41) is 12.1. The normalized spacial score (nSPS) is 10.9. The van der Waals surface area contributed by atoms with Crippen LogP contribution in [0.3, 0.4) is 0 Å². The van der Waals surface area contributed by atoms with Gasteiger partial charge in [0, 0.05) is 5.69 Å². The third kappa shape index (κ3) is 5.77. The molecule has 0 fully saturated rings. The second-order valence-corrected chi connectivity index (χ2v) is 6.93. The molecule has 0 aliphatic carbocycles. The van der Waals surface area contributed by atoms with E-state index >= 15 is 0 Å². The van der Waals surface area contributed by atoms with Crippen molar-refractivity contribution in [2.75, 3.05) is 11.9 Å². The summed E-state index contributed by atoms with van der Waals surface area (Å²) >= 11 is 3.41. The number of carbonyl (C=O) groups is 1. The van der Waals surface area contributed by atoms with Crippen molar-refractivity contribution >= 4 is 39.2 Å². The number of anilines is 1. The van der Waals surface area contributed by atoms with Crippen LogP contribution in [0.4, 0.5) is 10.1 Å². The topological polar surface area (TPSA) is 62.1 Å². The first kappa shape index (κ1) is 20.3. The smallest absolute Gasteiger partial charge is 0.262 e. The van der Waals surface area contributed by atoms with Crippen LogP contribution in [0, 0.1) is 17.1 Å². The number of halogens is 2. The van der Waals surface area contributed by atoms with Crippen molar-refractivity contribution in [3.8, 4) is 11.8 Å². The molecule has 4 nitrogen and oxygen atoms in total. The highest BCUT2D eigenvalue weighted by molar-refractivity contribution is 9.10. The Morgan fingerprint density at radius 3 is 2.59 bits per heavy atom. The minimum Gasteiger partial charge on any atom is -0.483 e. The van der Waals surface area contributed by atoms with Crippen LogP contribution < -0.4 is 10.1 Å². The molecular weight excluding hydrogens is 435 g/mol. The molecule has 1 amide bonds. The van der Waals surface area contributed by atoms with Gasteiger partial charge >= 0.3 is 0 Å². The number of rotatable bonds is 6. The lowest BCUT2D eigenvalue weighted by atomic mass is 10.0. The molecule has 0 saturated heterocycles. The third-order valence-electron chi connectivity index (χ3n) is 3.94. The van der Waals surface area contributed by atoms with Crippen molar-refractivity contribution in [2.45, 2.75) is 0 Å². The summed E-state index contributed by atoms with van der Waals surface area (Å²) in [6, 6.07) is 22.3. The summed E-state index contributed by atoms with van der Waals surface area (Å²) in [7, 11) is 0. The molecule has 29 heavy (non-hydrogen) atoms. The van der Waals surface area contributed by atoms with Gasteiger partial charge in [-0.2, -0.15) is 5.26 Å². The van der Waals surface area contributed by atoms with Gasteiger partial charge in [-0.3, -0.25) is 4.79 Å². The number of allylic oxidation sites excluding steroid dienone is 1. The largest absolute Gasteiger partial charge is 0.483 e. The highest BCUT2D eigenvalue weighted by Gasteiger charge is 2.08. The number of benzene rings is 3. The molecule has 144 valence electrons. The predicted molar refractivity (Wildman–Crippen MR) is 115 cm³/mol. The number of nitriles is 1. The van der Waals surface area contributed by atoms with Crippen LogP contribution in [0.25, 0.3) is 11.6 Å². The first-order chi connectivity index (χ1) is 14.0. The van der Waals surface area contributed by atoms with Crippen LogP contribution in [-0.2, 0) is 4.79 Å². The van der Waals surface area contributed by atoms with Gasteiger partial charge < -0.3 is 10.1 Å². The molecule has 0 aliphatic heterocycles. The maximum absolute atomic E-state index is 13.4. The minimum absolute atomic E-state index is 0.143. The maximum Gasteiger partial charge on any atom is 0.262 e. The van der Waals surface area contributed by atoms with Gasteiger partial charge in [0.05, 0.1) is 16.1 Å². The van der Waals surface area contributed by atoms with Crippen LogP contribution in [0.2, 0.25) is 0 Å². The van der Waals surface area contributed by atoms with E-state index in [0.29, 0.717) is 27.0 Å². The SMILES string of the molecule is N#CC(=Cc1ccc(OCC(=O)Nc2ccccc2)c(Br)c1)c1cccc(F)c1. The Bertz CT molecular complexity index is 1090. The summed E-state index contributed by atoms with van der Waals surface area (Å²) in [6.45, 7) is -0.143. The standard InChI is InChI=1S/C23H16BrFN2O2/c24-21-12-16(11-18(14-26)17-5-4-6-19(25)13-17)9-10-22(21)29-15-23(28)27-20-7-2-1-3-8-20/h1-13H,15H2,(H,27,28). The Hall–Kier alpha value is -3.43. The van der Waals surface area contributed by atoms with Gasteiger partial charge in [0.2, 0.25) is 0 Å². The number of amides is 1. The molecule has 0 aliphatic rings. The Morgan fingerprint density at radius 1 is 1.10 bits per heavy atom. The zero-order valence-electron chi connectivity index (χ0n) is 15.2. The number of nitrogens with one attached hydrogen (secondary N) is 1. The van der Waals surface area contributed by atoms with Crippen molar-refractivity contribution in [1.29, 1.82) is 5.26 Å². The molecule has 6 heteroatoms. The van der Waals surface area contributed by atoms with Gasteiger partial charge in [-0.05, 0) is 69.5 Å². The van der Waals surface area contributed by atoms with Crippen LogP contribution in [0.15, 0.2) is 77.3 Å². The lowest BCUT2D eigenvalue weighted by Gasteiger charge is -2.10. The number of ether oxygens (including phenoxy) is 1. The van der Waals surface area contributed by atoms with Gasteiger partial charge in [-0.1, -0.05) is 36.4 Å². The van der Waals surface area contributed by atoms with Crippen LogP contribution in [0.5, 0.6) is 5.75 Å². The zero-order chi connectivity index (χ0) is 20.6. The average Bonchev–Trinajstić information content (AvgIpc) is 2.72. The highest BCUT2D eigenvalue weighted by atomic mass is 79.9. The predicted octanol–water partition coefficient (Wildman–Crippen LogP) is 5.67. The lowest BCUT2D eigenvalue weighted by molar-refractivity contribution is -0.118. The van der Waals surface area contributed by atoms with Gasteiger partial charge in [-0.25, -0.2) is 4.39 Å². The van der Waals surface area contributed by atoms with Gasteiger partial charge in [0.1, 0.15) is 11.6 Å². The quantitative estimate of drug-likeness (QED) is 0.388. The molecule has 3 aromatic carbocycles. The average molecular weight is 451 g/mol. The molecule has 0 radical (unpaired) electrons. The fraction of sp³-hybridized carbons (Fsp3) is 0.0435. The maximum atomic E-state index is 13.4. The minimum atomic E-state index is -0.401. The number of hydrogen-bond donors (Lipinski definition) is 1. The fourth-order valence-electron chi connectivity index (χ4n) is 2.59. The summed E-state index contributed by atoms with van der Waals surface area (Å²) < 4.78 is 19.6. The molecule has 0 atom stereocenters. The summed E-state index contributed by atoms with van der Waals surface area (Å²) in [4.78, 5) is 12.0. The van der Waals surface area contributed by atoms with Crippen molar-refractivity contribution in [2.24, 2.45) is 0 Å². The summed E-state index contributed by atoms with van der Waals surface area (Å²) in [5.41, 5.74) is 2.27. The van der Waals surface area contributed by atoms with Crippen molar-refractivity contribution < 1.29 is 13.9 Å². The van der Waals surface area contributed by atoms with E-state index in [1.54, 1.807) is 48.5 Å². The fourth-order valence-corrected chi connectivity index (χ4v) is 3.10. The van der Waals surface area contributed by atoms with Crippen molar-refractivity contribution in [3.05, 3.63) is 94.2 Å². The monoisotopic (exact) mass is 450 g/mol. The van der Waals surface area contributed by atoms with E-state index in [2.05, 4.69) is 27.3 Å². The van der Waals surface area contributed by atoms with Crippen LogP contribution in [0.1, 0.15) is 11.1 Å². The van der Waals surface area contributed by atoms with E-state index < -0.39 is 5.82 Å². The zero-order valence-corrected chi connectivity index (χ0v) is 16.8. The van der Waals surface area contributed by atoms with E-state index in [0.717, 1.165) is 5.56 Å². The first-order valence-electron chi connectivity index (χ1n) is 8.70. The van der Waals surface area contributed by atoms with E-state index in [1.165, 1.54) is 12.1 Å². The van der Waals surface area contributed by atoms with E-state index in [-0.39, 0.29) is 12.5 Å². The summed E-state index contributed by atoms with van der Waals surface area (Å²) in [6.07, 6.45) is 1.66. The molecule has 3 aromatic rings. The van der Waals surface area contributed by atoms with Gasteiger partial charge in [0.25, 0.3) is 5.91 Å². The van der Waals surface area contributed by atoms with E-state index in [9.17, 15) is 14.4 Å². The van der Waals surface area contributed by atoms with E-state index in [4.69, 9.17) is 4.74 Å². The number of nitrogens with zero attached hydrogens (tertiary/aromatic N) is 1. The molecule has 3 rings (SSSR count). The molecule has 0 saturated carbocycles. The Morgan fingerprint density at radius 2 is 1.90 bits per heavy atom. The second kappa shape index (κ2) is 9.67. The van der Waals surface area contributed by atoms with Crippen LogP contribution in [-0.4, -0.2) is 12.5 Å². The van der Waals surface area contributed by atoms with Gasteiger partial charge in [0.15, 0.2) is 6.61 Å². The Labute approximate surface area is 176 Å². The Balaban J connectivity index is 1.68. The molecule has 0 unspecified atom stereocenters. The molecule has 0 bridgehead atoms. The molecular formula is C23H16BrFN2O2. The van der Waals surface area contributed by atoms with Crippen molar-refractivity contribution in [3.63, 3.8) is 0 Å². The Kier molecular flexibility index (Phi) is 6.77. The third-order valence-corrected chi connectivity index (χ3v) is 4.56. The lowest BCUT2D eigenvalue weighted by Crippen LogP contribution is -2.20. The molecule has 0 heterocycles. The molecule has 0 aromatic heterocycles. The first-order valence-corrected chi connectivity index (χ1v) is 9.49. The number of carbonyl (C=O) groups excluding carboxylic acids is 1. The summed E-state index contributed by atoms with van der Waals surface area (Å²) in [5.74, 6) is -0.179. The van der Waals surface area contributed by atoms with Gasteiger partial charge in [-0.15, -0.1) is 0 Å². The van der Waals surface area contributed by atoms with Crippen LogP contribution >= 0.6 is 15.9 Å². The van der Waals surface area contributed by atoms with E-state index in [1.807, 2.05) is 18.2 Å². The number of hydrogen-bond acceptors (Lipinski definition) is 3. The van der Waals surface area contributed by atoms with Crippen molar-refractivity contribution in [1.82, 2.24) is 0 Å². The highest BCUT2D eigenvalue weighted by Crippen LogP contribution is 2.28. The molecule has 0 spiro atoms. The molecule has 1 N–H and O–H groups in total. The second-order valence-electron chi connectivity index (χ2n) is 6.07.